The van der Waals surface area contributed by atoms with E-state index in [1.807, 2.05) is 0 Å². The summed E-state index contributed by atoms with van der Waals surface area (Å²) in [6.45, 7) is 2.87. The van der Waals surface area contributed by atoms with E-state index in [4.69, 9.17) is 9.56 Å². The summed E-state index contributed by atoms with van der Waals surface area (Å²) in [5, 5.41) is 5.03. The number of carbonyl (C=O) groups excluding carboxylic acids is 1. The maximum Gasteiger partial charge on any atom is 0.277 e. The van der Waals surface area contributed by atoms with Crippen molar-refractivity contribution in [1.29, 1.82) is 0 Å². The molecule has 100 valence electrons. The summed E-state index contributed by atoms with van der Waals surface area (Å²) in [6.07, 6.45) is 1.41. The third kappa shape index (κ3) is 2.71. The normalized spacial score (nSPS) is 18.0. The zero-order valence-electron chi connectivity index (χ0n) is 10.00. The molecule has 7 nitrogen and oxygen atoms in total. The van der Waals surface area contributed by atoms with E-state index < -0.39 is 10.2 Å². The minimum absolute atomic E-state index is 0.152. The summed E-state index contributed by atoms with van der Waals surface area (Å²) in [4.78, 5) is 13.6. The molecule has 1 amide bonds. The van der Waals surface area contributed by atoms with Gasteiger partial charge < -0.3 is 9.32 Å². The molecule has 1 fully saturated rings. The SMILES string of the molecule is Cc1cc(C(=O)N2CCN(S(N)(=O)=O)CC2)co1. The highest BCUT2D eigenvalue weighted by molar-refractivity contribution is 7.86. The van der Waals surface area contributed by atoms with Gasteiger partial charge in [0.2, 0.25) is 0 Å². The molecule has 0 unspecified atom stereocenters. The van der Waals surface area contributed by atoms with E-state index in [0.717, 1.165) is 4.31 Å². The molecule has 0 bridgehead atoms. The minimum atomic E-state index is -3.66. The second kappa shape index (κ2) is 4.71. The van der Waals surface area contributed by atoms with Gasteiger partial charge in [0.25, 0.3) is 16.1 Å². The fraction of sp³-hybridized carbons (Fsp3) is 0.500. The molecule has 18 heavy (non-hydrogen) atoms. The molecule has 2 rings (SSSR count). The first-order valence-corrected chi connectivity index (χ1v) is 7.00. The van der Waals surface area contributed by atoms with E-state index in [-0.39, 0.29) is 19.0 Å². The maximum absolute atomic E-state index is 12.0. The lowest BCUT2D eigenvalue weighted by Gasteiger charge is -2.32. The van der Waals surface area contributed by atoms with Crippen LogP contribution in [-0.4, -0.2) is 49.7 Å². The molecule has 0 aromatic carbocycles. The van der Waals surface area contributed by atoms with Crippen LogP contribution in [0.25, 0.3) is 0 Å². The standard InChI is InChI=1S/C10H15N3O4S/c1-8-6-9(7-17-8)10(14)12-2-4-13(5-3-12)18(11,15)16/h6-7H,2-5H2,1H3,(H2,11,15,16). The van der Waals surface area contributed by atoms with Crippen molar-refractivity contribution in [2.75, 3.05) is 26.2 Å². The van der Waals surface area contributed by atoms with E-state index in [1.165, 1.54) is 6.26 Å². The smallest absolute Gasteiger partial charge is 0.277 e. The zero-order chi connectivity index (χ0) is 13.3. The van der Waals surface area contributed by atoms with Crippen LogP contribution in [0, 0.1) is 6.92 Å². The molecule has 2 N–H and O–H groups in total. The van der Waals surface area contributed by atoms with Gasteiger partial charge in [0.1, 0.15) is 12.0 Å². The number of amides is 1. The van der Waals surface area contributed by atoms with Crippen LogP contribution in [0.3, 0.4) is 0 Å². The summed E-state index contributed by atoms with van der Waals surface area (Å²) < 4.78 is 28.5. The molecule has 0 atom stereocenters. The van der Waals surface area contributed by atoms with Crippen LogP contribution in [0.4, 0.5) is 0 Å². The lowest BCUT2D eigenvalue weighted by atomic mass is 10.2. The summed E-state index contributed by atoms with van der Waals surface area (Å²) in [7, 11) is -3.66. The third-order valence-electron chi connectivity index (χ3n) is 2.86. The van der Waals surface area contributed by atoms with Gasteiger partial charge in [-0.25, -0.2) is 5.14 Å². The van der Waals surface area contributed by atoms with Gasteiger partial charge in [-0.15, -0.1) is 0 Å². The number of carbonyl (C=O) groups is 1. The first-order valence-electron chi connectivity index (χ1n) is 5.50. The number of rotatable bonds is 2. The fourth-order valence-corrected chi connectivity index (χ4v) is 2.56. The predicted octanol–water partition coefficient (Wildman–Crippen LogP) is -0.451. The number of aryl methyl sites for hydroxylation is 1. The quantitative estimate of drug-likeness (QED) is 0.789. The highest BCUT2D eigenvalue weighted by Crippen LogP contribution is 2.12. The van der Waals surface area contributed by atoms with Gasteiger partial charge in [-0.05, 0) is 13.0 Å². The van der Waals surface area contributed by atoms with Gasteiger partial charge in [-0.3, -0.25) is 4.79 Å². The third-order valence-corrected chi connectivity index (χ3v) is 3.95. The second-order valence-electron chi connectivity index (χ2n) is 4.18. The molecule has 1 aliphatic heterocycles. The average molecular weight is 273 g/mol. The summed E-state index contributed by atoms with van der Waals surface area (Å²) in [5.74, 6) is 0.516. The van der Waals surface area contributed by atoms with Gasteiger partial charge in [0, 0.05) is 26.2 Å². The Balaban J connectivity index is 2.00. The monoisotopic (exact) mass is 273 g/mol. The van der Waals surface area contributed by atoms with Crippen molar-refractivity contribution >= 4 is 16.1 Å². The first kappa shape index (κ1) is 13.1. The zero-order valence-corrected chi connectivity index (χ0v) is 10.8. The van der Waals surface area contributed by atoms with Gasteiger partial charge in [0.15, 0.2) is 0 Å². The molecule has 8 heteroatoms. The average Bonchev–Trinajstić information content (AvgIpc) is 2.74. The van der Waals surface area contributed by atoms with Crippen LogP contribution in [0.1, 0.15) is 16.1 Å². The summed E-state index contributed by atoms with van der Waals surface area (Å²) in [5.41, 5.74) is 0.483. The molecule has 2 heterocycles. The second-order valence-corrected chi connectivity index (χ2v) is 5.73. The number of hydrogen-bond acceptors (Lipinski definition) is 4. The number of hydrogen-bond donors (Lipinski definition) is 1. The first-order chi connectivity index (χ1) is 8.38. The van der Waals surface area contributed by atoms with Crippen LogP contribution in [0.2, 0.25) is 0 Å². The molecular formula is C10H15N3O4S. The van der Waals surface area contributed by atoms with Crippen LogP contribution in [0.15, 0.2) is 16.7 Å². The van der Waals surface area contributed by atoms with E-state index in [9.17, 15) is 13.2 Å². The molecule has 1 aromatic heterocycles. The molecule has 0 spiro atoms. The summed E-state index contributed by atoms with van der Waals surface area (Å²) >= 11 is 0. The van der Waals surface area contributed by atoms with Crippen molar-refractivity contribution in [2.24, 2.45) is 5.14 Å². The van der Waals surface area contributed by atoms with E-state index in [2.05, 4.69) is 0 Å². The van der Waals surface area contributed by atoms with Crippen molar-refractivity contribution in [3.05, 3.63) is 23.7 Å². The highest BCUT2D eigenvalue weighted by Gasteiger charge is 2.27. The fourth-order valence-electron chi connectivity index (χ4n) is 1.88. The molecule has 1 saturated heterocycles. The predicted molar refractivity (Wildman–Crippen MR) is 64.0 cm³/mol. The van der Waals surface area contributed by atoms with E-state index >= 15 is 0 Å². The van der Waals surface area contributed by atoms with Crippen LogP contribution < -0.4 is 5.14 Å². The van der Waals surface area contributed by atoms with Crippen molar-refractivity contribution < 1.29 is 17.6 Å². The van der Waals surface area contributed by atoms with Gasteiger partial charge in [-0.2, -0.15) is 12.7 Å². The van der Waals surface area contributed by atoms with Gasteiger partial charge in [0.05, 0.1) is 5.56 Å². The van der Waals surface area contributed by atoms with Gasteiger partial charge >= 0.3 is 0 Å². The molecular weight excluding hydrogens is 258 g/mol. The topological polar surface area (TPSA) is 96.9 Å². The van der Waals surface area contributed by atoms with Crippen molar-refractivity contribution in [3.63, 3.8) is 0 Å². The number of furan rings is 1. The van der Waals surface area contributed by atoms with Crippen LogP contribution >= 0.6 is 0 Å². The van der Waals surface area contributed by atoms with Gasteiger partial charge in [-0.1, -0.05) is 0 Å². The number of nitrogens with two attached hydrogens (primary N) is 1. The lowest BCUT2D eigenvalue weighted by molar-refractivity contribution is 0.0697. The van der Waals surface area contributed by atoms with Crippen LogP contribution in [-0.2, 0) is 10.2 Å². The Labute approximate surface area is 105 Å². The minimum Gasteiger partial charge on any atom is -0.469 e. The van der Waals surface area contributed by atoms with E-state index in [1.54, 1.807) is 17.9 Å². The maximum atomic E-state index is 12.0. The molecule has 1 aromatic rings. The lowest BCUT2D eigenvalue weighted by Crippen LogP contribution is -2.52. The van der Waals surface area contributed by atoms with E-state index in [0.29, 0.717) is 24.4 Å². The number of piperazine rings is 1. The molecule has 0 saturated carbocycles. The Morgan fingerprint density at radius 3 is 2.39 bits per heavy atom. The Hall–Kier alpha value is -1.38. The van der Waals surface area contributed by atoms with Crippen molar-refractivity contribution in [3.8, 4) is 0 Å². The van der Waals surface area contributed by atoms with Crippen LogP contribution in [0.5, 0.6) is 0 Å². The van der Waals surface area contributed by atoms with Crippen molar-refractivity contribution in [2.45, 2.75) is 6.92 Å². The highest BCUT2D eigenvalue weighted by atomic mass is 32.2. The Morgan fingerprint density at radius 2 is 1.94 bits per heavy atom. The Bertz CT molecular complexity index is 543. The molecule has 0 radical (unpaired) electrons. The summed E-state index contributed by atoms with van der Waals surface area (Å²) in [6, 6.07) is 1.66. The molecule has 0 aliphatic carbocycles. The van der Waals surface area contributed by atoms with Crippen molar-refractivity contribution in [1.82, 2.24) is 9.21 Å². The molecule has 1 aliphatic rings. The Kier molecular flexibility index (Phi) is 3.42. The number of nitrogens with zero attached hydrogens (tertiary/aromatic N) is 2. The largest absolute Gasteiger partial charge is 0.469 e. The Morgan fingerprint density at radius 1 is 1.33 bits per heavy atom.